The van der Waals surface area contributed by atoms with Gasteiger partial charge < -0.3 is 5.73 Å². The number of likely N-dealkylation sites (tertiary alicyclic amines) is 1. The van der Waals surface area contributed by atoms with E-state index in [1.54, 1.807) is 0 Å². The largest absolute Gasteiger partial charge is 0.329 e. The van der Waals surface area contributed by atoms with Gasteiger partial charge in [0.1, 0.15) is 0 Å². The topological polar surface area (TPSA) is 29.3 Å². The molecule has 1 atom stereocenters. The molecule has 0 spiro atoms. The Balaban J connectivity index is 2.32. The van der Waals surface area contributed by atoms with E-state index in [4.69, 9.17) is 5.73 Å². The van der Waals surface area contributed by atoms with E-state index < -0.39 is 0 Å². The predicted molar refractivity (Wildman–Crippen MR) is 53.1 cm³/mol. The lowest BCUT2D eigenvalue weighted by atomic mass is 10.0. The molecule has 0 saturated carbocycles. The summed E-state index contributed by atoms with van der Waals surface area (Å²) in [4.78, 5) is 2.56. The summed E-state index contributed by atoms with van der Waals surface area (Å²) < 4.78 is 0. The summed E-state index contributed by atoms with van der Waals surface area (Å²) in [6.45, 7) is 7.93. The lowest BCUT2D eigenvalue weighted by molar-refractivity contribution is 0.218. The molecule has 0 radical (unpaired) electrons. The van der Waals surface area contributed by atoms with E-state index >= 15 is 0 Å². The maximum Gasteiger partial charge on any atom is 0.0220 e. The van der Waals surface area contributed by atoms with E-state index in [1.807, 2.05) is 0 Å². The zero-order valence-corrected chi connectivity index (χ0v) is 8.42. The van der Waals surface area contributed by atoms with Crippen molar-refractivity contribution in [2.24, 2.45) is 11.7 Å². The fourth-order valence-electron chi connectivity index (χ4n) is 2.05. The van der Waals surface area contributed by atoms with Crippen LogP contribution in [0.1, 0.15) is 33.1 Å². The van der Waals surface area contributed by atoms with Gasteiger partial charge in [-0.25, -0.2) is 0 Å². The van der Waals surface area contributed by atoms with Crippen molar-refractivity contribution in [3.63, 3.8) is 0 Å². The first-order valence-corrected chi connectivity index (χ1v) is 5.18. The van der Waals surface area contributed by atoms with Gasteiger partial charge in [0.15, 0.2) is 0 Å². The van der Waals surface area contributed by atoms with Crippen molar-refractivity contribution in [3.05, 3.63) is 0 Å². The van der Waals surface area contributed by atoms with Gasteiger partial charge in [0.2, 0.25) is 0 Å². The van der Waals surface area contributed by atoms with Crippen molar-refractivity contribution in [1.82, 2.24) is 4.90 Å². The van der Waals surface area contributed by atoms with Crippen LogP contribution in [0.4, 0.5) is 0 Å². The van der Waals surface area contributed by atoms with Gasteiger partial charge in [-0.3, -0.25) is 4.90 Å². The van der Waals surface area contributed by atoms with Gasteiger partial charge in [0.25, 0.3) is 0 Å². The van der Waals surface area contributed by atoms with Crippen LogP contribution in [0.2, 0.25) is 0 Å². The van der Waals surface area contributed by atoms with Crippen LogP contribution >= 0.6 is 0 Å². The van der Waals surface area contributed by atoms with E-state index in [-0.39, 0.29) is 0 Å². The fraction of sp³-hybridized carbons (Fsp3) is 1.00. The lowest BCUT2D eigenvalue weighted by Gasteiger charge is -2.27. The standard InChI is InChI=1S/C10H22N2/c1-9(2)7-10(8-11)12-5-3-4-6-12/h9-10H,3-8,11H2,1-2H3. The Labute approximate surface area is 76.1 Å². The van der Waals surface area contributed by atoms with Crippen LogP contribution in [0.3, 0.4) is 0 Å². The second-order valence-electron chi connectivity index (χ2n) is 4.26. The molecule has 0 amide bonds. The molecule has 1 aliphatic rings. The summed E-state index contributed by atoms with van der Waals surface area (Å²) in [7, 11) is 0. The average Bonchev–Trinajstić information content (AvgIpc) is 2.51. The Bertz CT molecular complexity index is 117. The Kier molecular flexibility index (Phi) is 4.02. The molecule has 1 aliphatic heterocycles. The summed E-state index contributed by atoms with van der Waals surface area (Å²) in [6.07, 6.45) is 4.00. The Hall–Kier alpha value is -0.0800. The third kappa shape index (κ3) is 2.76. The minimum absolute atomic E-state index is 0.646. The molecular formula is C10H22N2. The van der Waals surface area contributed by atoms with E-state index in [2.05, 4.69) is 18.7 Å². The third-order valence-electron chi connectivity index (χ3n) is 2.67. The molecule has 1 rings (SSSR count). The quantitative estimate of drug-likeness (QED) is 0.692. The van der Waals surface area contributed by atoms with Crippen molar-refractivity contribution in [2.75, 3.05) is 19.6 Å². The summed E-state index contributed by atoms with van der Waals surface area (Å²) in [5, 5.41) is 0. The van der Waals surface area contributed by atoms with Crippen LogP contribution in [0, 0.1) is 5.92 Å². The second-order valence-corrected chi connectivity index (χ2v) is 4.26. The van der Waals surface area contributed by atoms with E-state index in [1.165, 1.54) is 32.4 Å². The molecule has 2 heteroatoms. The first-order chi connectivity index (χ1) is 5.74. The highest BCUT2D eigenvalue weighted by atomic mass is 15.2. The number of nitrogens with zero attached hydrogens (tertiary/aromatic N) is 1. The van der Waals surface area contributed by atoms with Gasteiger partial charge in [-0.2, -0.15) is 0 Å². The minimum Gasteiger partial charge on any atom is -0.329 e. The smallest absolute Gasteiger partial charge is 0.0220 e. The van der Waals surface area contributed by atoms with Crippen molar-refractivity contribution < 1.29 is 0 Å². The van der Waals surface area contributed by atoms with Gasteiger partial charge in [-0.05, 0) is 38.3 Å². The predicted octanol–water partition coefficient (Wildman–Crippen LogP) is 1.46. The highest BCUT2D eigenvalue weighted by Gasteiger charge is 2.20. The van der Waals surface area contributed by atoms with Gasteiger partial charge in [0.05, 0.1) is 0 Å². The van der Waals surface area contributed by atoms with Crippen molar-refractivity contribution in [3.8, 4) is 0 Å². The van der Waals surface area contributed by atoms with Crippen LogP contribution < -0.4 is 5.73 Å². The molecule has 2 nitrogen and oxygen atoms in total. The molecule has 0 aromatic carbocycles. The molecule has 1 fully saturated rings. The number of rotatable bonds is 4. The summed E-state index contributed by atoms with van der Waals surface area (Å²) in [5.74, 6) is 0.777. The zero-order chi connectivity index (χ0) is 8.97. The van der Waals surface area contributed by atoms with Crippen LogP contribution in [0.15, 0.2) is 0 Å². The fourth-order valence-corrected chi connectivity index (χ4v) is 2.05. The number of hydrogen-bond donors (Lipinski definition) is 1. The van der Waals surface area contributed by atoms with Crippen LogP contribution in [0.25, 0.3) is 0 Å². The SMILES string of the molecule is CC(C)CC(CN)N1CCCC1. The molecular weight excluding hydrogens is 148 g/mol. The normalized spacial score (nSPS) is 22.0. The van der Waals surface area contributed by atoms with Crippen molar-refractivity contribution in [1.29, 1.82) is 0 Å². The van der Waals surface area contributed by atoms with Gasteiger partial charge in [0, 0.05) is 12.6 Å². The molecule has 1 saturated heterocycles. The monoisotopic (exact) mass is 170 g/mol. The molecule has 0 aromatic rings. The molecule has 0 aromatic heterocycles. The molecule has 1 heterocycles. The zero-order valence-electron chi connectivity index (χ0n) is 8.42. The third-order valence-corrected chi connectivity index (χ3v) is 2.67. The molecule has 72 valence electrons. The first kappa shape index (κ1) is 10.0. The molecule has 2 N–H and O–H groups in total. The second kappa shape index (κ2) is 4.83. The molecule has 0 aliphatic carbocycles. The maximum atomic E-state index is 5.76. The highest BCUT2D eigenvalue weighted by Crippen LogP contribution is 2.16. The van der Waals surface area contributed by atoms with Gasteiger partial charge in [-0.15, -0.1) is 0 Å². The lowest BCUT2D eigenvalue weighted by Crippen LogP contribution is -2.39. The highest BCUT2D eigenvalue weighted by molar-refractivity contribution is 4.77. The maximum absolute atomic E-state index is 5.76. The van der Waals surface area contributed by atoms with Crippen LogP contribution in [0.5, 0.6) is 0 Å². The first-order valence-electron chi connectivity index (χ1n) is 5.18. The molecule has 0 bridgehead atoms. The molecule has 1 unspecified atom stereocenters. The Morgan fingerprint density at radius 2 is 1.83 bits per heavy atom. The van der Waals surface area contributed by atoms with Crippen molar-refractivity contribution in [2.45, 2.75) is 39.2 Å². The van der Waals surface area contributed by atoms with Crippen molar-refractivity contribution >= 4 is 0 Å². The average molecular weight is 170 g/mol. The van der Waals surface area contributed by atoms with Crippen LogP contribution in [-0.2, 0) is 0 Å². The summed E-state index contributed by atoms with van der Waals surface area (Å²) in [5.41, 5.74) is 5.76. The van der Waals surface area contributed by atoms with Gasteiger partial charge in [-0.1, -0.05) is 13.8 Å². The van der Waals surface area contributed by atoms with E-state index in [9.17, 15) is 0 Å². The molecule has 12 heavy (non-hydrogen) atoms. The number of nitrogens with two attached hydrogens (primary N) is 1. The number of hydrogen-bond acceptors (Lipinski definition) is 2. The minimum atomic E-state index is 0.646. The summed E-state index contributed by atoms with van der Waals surface area (Å²) in [6, 6.07) is 0.646. The summed E-state index contributed by atoms with van der Waals surface area (Å²) >= 11 is 0. The van der Waals surface area contributed by atoms with E-state index in [0.29, 0.717) is 6.04 Å². The Morgan fingerprint density at radius 1 is 1.25 bits per heavy atom. The van der Waals surface area contributed by atoms with Gasteiger partial charge >= 0.3 is 0 Å². The Morgan fingerprint density at radius 3 is 2.25 bits per heavy atom. The van der Waals surface area contributed by atoms with E-state index in [0.717, 1.165) is 12.5 Å². The van der Waals surface area contributed by atoms with Crippen LogP contribution in [-0.4, -0.2) is 30.6 Å².